The first-order valence-corrected chi connectivity index (χ1v) is 7.86. The molecule has 0 saturated carbocycles. The number of hydrogen-bond acceptors (Lipinski definition) is 3. The molecule has 1 aromatic heterocycles. The minimum atomic E-state index is -0.652. The average Bonchev–Trinajstić information content (AvgIpc) is 2.79. The van der Waals surface area contributed by atoms with Crippen LogP contribution in [0.5, 0.6) is 17.5 Å². The van der Waals surface area contributed by atoms with Crippen LogP contribution in [0.4, 0.5) is 4.39 Å². The minimum Gasteiger partial charge on any atom is -0.494 e. The summed E-state index contributed by atoms with van der Waals surface area (Å²) in [5.41, 5.74) is 1.12. The predicted octanol–water partition coefficient (Wildman–Crippen LogP) is 4.43. The Morgan fingerprint density at radius 3 is 2.78 bits per heavy atom. The molecule has 23 heavy (non-hydrogen) atoms. The van der Waals surface area contributed by atoms with Gasteiger partial charge < -0.3 is 14.9 Å². The Balaban J connectivity index is 2.15. The van der Waals surface area contributed by atoms with E-state index in [4.69, 9.17) is 16.3 Å². The summed E-state index contributed by atoms with van der Waals surface area (Å²) in [5.74, 6) is -0.702. The molecule has 0 fully saturated rings. The third kappa shape index (κ3) is 2.65. The van der Waals surface area contributed by atoms with Crippen molar-refractivity contribution in [1.29, 1.82) is 0 Å². The lowest BCUT2D eigenvalue weighted by Crippen LogP contribution is -2.01. The van der Waals surface area contributed by atoms with Crippen LogP contribution in [-0.2, 0) is 6.42 Å². The molecule has 0 spiro atoms. The van der Waals surface area contributed by atoms with Crippen LogP contribution < -0.4 is 4.74 Å². The van der Waals surface area contributed by atoms with Crippen molar-refractivity contribution in [2.24, 2.45) is 0 Å². The highest BCUT2D eigenvalue weighted by atomic mass is 35.5. The topological polar surface area (TPSA) is 54.6 Å². The fourth-order valence-corrected chi connectivity index (χ4v) is 2.91. The normalized spacial score (nSPS) is 13.2. The third-order valence-corrected chi connectivity index (χ3v) is 4.10. The molecule has 6 heteroatoms. The van der Waals surface area contributed by atoms with Crippen LogP contribution >= 0.6 is 11.6 Å². The molecule has 1 aliphatic rings. The molecular weight excluding hydrogens is 321 g/mol. The summed E-state index contributed by atoms with van der Waals surface area (Å²) in [7, 11) is 0. The fraction of sp³-hybridized carbons (Fsp3) is 0.294. The molecule has 0 bridgehead atoms. The highest BCUT2D eigenvalue weighted by Gasteiger charge is 2.25. The summed E-state index contributed by atoms with van der Waals surface area (Å²) >= 11 is 5.99. The molecule has 1 aromatic carbocycles. The molecule has 4 nitrogen and oxygen atoms in total. The molecule has 0 aliphatic heterocycles. The second-order valence-corrected chi connectivity index (χ2v) is 5.81. The van der Waals surface area contributed by atoms with Crippen LogP contribution in [0.15, 0.2) is 18.2 Å². The standard InChI is InChI=1S/C17H17ClFNO3/c1-2-7-23-15-9-14(13(19)8-12(15)18)20-16(21)10-5-3-4-6-11(10)17(20)22/h3,5,8-9,21-22H,2,4,6-7H2,1H3. The first-order chi connectivity index (χ1) is 11.0. The molecule has 0 radical (unpaired) electrons. The maximum Gasteiger partial charge on any atom is 0.206 e. The Morgan fingerprint density at radius 1 is 1.30 bits per heavy atom. The van der Waals surface area contributed by atoms with Gasteiger partial charge in [0.2, 0.25) is 11.8 Å². The van der Waals surface area contributed by atoms with Gasteiger partial charge in [-0.1, -0.05) is 30.7 Å². The third-order valence-electron chi connectivity index (χ3n) is 3.81. The highest BCUT2D eigenvalue weighted by molar-refractivity contribution is 6.32. The predicted molar refractivity (Wildman–Crippen MR) is 87.2 cm³/mol. The fourth-order valence-electron chi connectivity index (χ4n) is 2.70. The number of halogens is 2. The van der Waals surface area contributed by atoms with Crippen LogP contribution in [0.1, 0.15) is 30.9 Å². The van der Waals surface area contributed by atoms with Crippen molar-refractivity contribution in [3.8, 4) is 23.2 Å². The lowest BCUT2D eigenvalue weighted by molar-refractivity contribution is 0.316. The molecule has 0 atom stereocenters. The van der Waals surface area contributed by atoms with E-state index >= 15 is 0 Å². The summed E-state index contributed by atoms with van der Waals surface area (Å²) in [6, 6.07) is 2.51. The maximum atomic E-state index is 14.4. The molecule has 1 heterocycles. The first-order valence-electron chi connectivity index (χ1n) is 7.48. The van der Waals surface area contributed by atoms with Crippen LogP contribution in [0, 0.1) is 5.82 Å². The zero-order valence-corrected chi connectivity index (χ0v) is 13.4. The maximum absolute atomic E-state index is 14.4. The van der Waals surface area contributed by atoms with Crippen molar-refractivity contribution < 1.29 is 19.3 Å². The lowest BCUT2D eigenvalue weighted by atomic mass is 10.0. The monoisotopic (exact) mass is 337 g/mol. The second-order valence-electron chi connectivity index (χ2n) is 5.40. The van der Waals surface area contributed by atoms with Gasteiger partial charge in [-0.05, 0) is 25.3 Å². The molecule has 2 N–H and O–H groups in total. The summed E-state index contributed by atoms with van der Waals surface area (Å²) in [5, 5.41) is 20.9. The molecule has 2 aromatic rings. The van der Waals surface area contributed by atoms with Crippen molar-refractivity contribution >= 4 is 17.7 Å². The van der Waals surface area contributed by atoms with E-state index in [1.165, 1.54) is 6.07 Å². The van der Waals surface area contributed by atoms with Crippen LogP contribution in [0.2, 0.25) is 5.02 Å². The van der Waals surface area contributed by atoms with Crippen molar-refractivity contribution in [2.45, 2.75) is 26.2 Å². The summed E-state index contributed by atoms with van der Waals surface area (Å²) < 4.78 is 20.9. The molecular formula is C17H17ClFNO3. The second kappa shape index (κ2) is 6.16. The number of fused-ring (bicyclic) bond motifs is 1. The van der Waals surface area contributed by atoms with E-state index in [0.717, 1.165) is 23.5 Å². The molecule has 0 saturated heterocycles. The molecule has 122 valence electrons. The van der Waals surface area contributed by atoms with Crippen molar-refractivity contribution in [2.75, 3.05) is 6.61 Å². The van der Waals surface area contributed by atoms with Crippen molar-refractivity contribution in [1.82, 2.24) is 4.57 Å². The van der Waals surface area contributed by atoms with E-state index in [2.05, 4.69) is 0 Å². The van der Waals surface area contributed by atoms with Gasteiger partial charge in [0.25, 0.3) is 0 Å². The van der Waals surface area contributed by atoms with Gasteiger partial charge in [0.1, 0.15) is 11.6 Å². The number of aromatic hydroxyl groups is 2. The van der Waals surface area contributed by atoms with Crippen LogP contribution in [0.25, 0.3) is 11.8 Å². The van der Waals surface area contributed by atoms with Gasteiger partial charge in [0, 0.05) is 17.2 Å². The van der Waals surface area contributed by atoms with Gasteiger partial charge in [0.15, 0.2) is 0 Å². The number of nitrogens with zero attached hydrogens (tertiary/aromatic N) is 1. The Bertz CT molecular complexity index is 783. The van der Waals surface area contributed by atoms with Crippen molar-refractivity contribution in [3.63, 3.8) is 0 Å². The molecule has 1 aliphatic carbocycles. The van der Waals surface area contributed by atoms with Gasteiger partial charge >= 0.3 is 0 Å². The SMILES string of the molecule is CCCOc1cc(-n2c(O)c3c(c2O)CCC=C3)c(F)cc1Cl. The lowest BCUT2D eigenvalue weighted by Gasteiger charge is -2.13. The van der Waals surface area contributed by atoms with E-state index < -0.39 is 5.82 Å². The van der Waals surface area contributed by atoms with E-state index in [0.29, 0.717) is 29.9 Å². The smallest absolute Gasteiger partial charge is 0.206 e. The first kappa shape index (κ1) is 15.7. The number of rotatable bonds is 4. The van der Waals surface area contributed by atoms with Gasteiger partial charge in [-0.15, -0.1) is 0 Å². The summed E-state index contributed by atoms with van der Waals surface area (Å²) in [6.45, 7) is 2.38. The number of aromatic nitrogens is 1. The number of ether oxygens (including phenoxy) is 1. The zero-order valence-electron chi connectivity index (χ0n) is 12.6. The van der Waals surface area contributed by atoms with E-state index in [1.807, 2.05) is 13.0 Å². The van der Waals surface area contributed by atoms with E-state index in [9.17, 15) is 14.6 Å². The van der Waals surface area contributed by atoms with Crippen LogP contribution in [-0.4, -0.2) is 21.4 Å². The Hall–Kier alpha value is -2.14. The minimum absolute atomic E-state index is 0.00157. The Kier molecular flexibility index (Phi) is 4.22. The number of allylic oxidation sites excluding steroid dienone is 1. The quantitative estimate of drug-likeness (QED) is 0.867. The number of benzene rings is 1. The molecule has 3 rings (SSSR count). The van der Waals surface area contributed by atoms with E-state index in [-0.39, 0.29) is 22.5 Å². The van der Waals surface area contributed by atoms with Gasteiger partial charge in [-0.2, -0.15) is 0 Å². The van der Waals surface area contributed by atoms with Gasteiger partial charge in [-0.25, -0.2) is 8.96 Å². The van der Waals surface area contributed by atoms with Crippen molar-refractivity contribution in [3.05, 3.63) is 40.2 Å². The Morgan fingerprint density at radius 2 is 2.09 bits per heavy atom. The largest absolute Gasteiger partial charge is 0.494 e. The van der Waals surface area contributed by atoms with Crippen LogP contribution in [0.3, 0.4) is 0 Å². The average molecular weight is 338 g/mol. The van der Waals surface area contributed by atoms with Gasteiger partial charge in [-0.3, -0.25) is 0 Å². The summed E-state index contributed by atoms with van der Waals surface area (Å²) in [4.78, 5) is 0. The summed E-state index contributed by atoms with van der Waals surface area (Å²) in [6.07, 6.45) is 5.76. The van der Waals surface area contributed by atoms with E-state index in [1.54, 1.807) is 6.08 Å². The zero-order chi connectivity index (χ0) is 16.6. The van der Waals surface area contributed by atoms with Gasteiger partial charge in [0.05, 0.1) is 17.3 Å². The highest BCUT2D eigenvalue weighted by Crippen LogP contribution is 2.42. The Labute approximate surface area is 138 Å². The molecule has 0 amide bonds. The molecule has 0 unspecified atom stereocenters. The number of hydrogen-bond donors (Lipinski definition) is 2.